The van der Waals surface area contributed by atoms with Crippen LogP contribution in [0.2, 0.25) is 5.02 Å². The van der Waals surface area contributed by atoms with Crippen molar-refractivity contribution in [3.63, 3.8) is 0 Å². The molecule has 3 aromatic rings. The largest absolute Gasteiger partial charge is 0.478 e. The Hall–Kier alpha value is -2.30. The van der Waals surface area contributed by atoms with Gasteiger partial charge in [-0.25, -0.2) is 0 Å². The third-order valence-electron chi connectivity index (χ3n) is 4.84. The number of halogens is 1. The molecule has 0 fully saturated rings. The van der Waals surface area contributed by atoms with Crippen LogP contribution in [0.3, 0.4) is 0 Å². The van der Waals surface area contributed by atoms with Crippen LogP contribution < -0.4 is 10.2 Å². The highest BCUT2D eigenvalue weighted by Gasteiger charge is 2.24. The average molecular weight is 384 g/mol. The number of hydrogen-bond acceptors (Lipinski definition) is 4. The molecular formula is C22H22ClNO3. The van der Waals surface area contributed by atoms with Crippen molar-refractivity contribution in [1.29, 1.82) is 0 Å². The van der Waals surface area contributed by atoms with E-state index in [1.54, 1.807) is 18.2 Å². The molecule has 0 N–H and O–H groups in total. The number of nitrogens with zero attached hydrogens (tertiary/aromatic N) is 1. The molecule has 0 spiro atoms. The first kappa shape index (κ1) is 18.1. The van der Waals surface area contributed by atoms with Gasteiger partial charge in [-0.05, 0) is 42.7 Å². The number of ether oxygens (including phenoxy) is 1. The number of benzene rings is 2. The minimum absolute atomic E-state index is 0.0279. The van der Waals surface area contributed by atoms with Gasteiger partial charge in [0.15, 0.2) is 0 Å². The van der Waals surface area contributed by atoms with Crippen LogP contribution in [0.5, 0.6) is 5.75 Å². The number of fused-ring (bicyclic) bond motifs is 3. The Kier molecular flexibility index (Phi) is 4.70. The molecule has 0 atom stereocenters. The van der Waals surface area contributed by atoms with E-state index in [1.165, 1.54) is 0 Å². The molecule has 0 saturated heterocycles. The predicted octanol–water partition coefficient (Wildman–Crippen LogP) is 5.23. The van der Waals surface area contributed by atoms with Gasteiger partial charge in [-0.1, -0.05) is 37.6 Å². The van der Waals surface area contributed by atoms with Crippen LogP contribution in [0.25, 0.3) is 22.1 Å². The summed E-state index contributed by atoms with van der Waals surface area (Å²) in [4.78, 5) is 15.5. The molecule has 2 aromatic carbocycles. The third-order valence-corrected chi connectivity index (χ3v) is 5.09. The summed E-state index contributed by atoms with van der Waals surface area (Å²) in [5.41, 5.74) is 2.93. The molecule has 140 valence electrons. The van der Waals surface area contributed by atoms with E-state index in [1.807, 2.05) is 25.1 Å². The summed E-state index contributed by atoms with van der Waals surface area (Å²) in [6, 6.07) is 10.9. The van der Waals surface area contributed by atoms with E-state index in [2.05, 4.69) is 18.7 Å². The Morgan fingerprint density at radius 3 is 2.59 bits per heavy atom. The summed E-state index contributed by atoms with van der Waals surface area (Å²) in [7, 11) is 0. The predicted molar refractivity (Wildman–Crippen MR) is 108 cm³/mol. The fraction of sp³-hybridized carbons (Fsp3) is 0.318. The van der Waals surface area contributed by atoms with Crippen LogP contribution in [0.15, 0.2) is 45.6 Å². The van der Waals surface area contributed by atoms with Gasteiger partial charge < -0.3 is 9.15 Å². The normalized spacial score (nSPS) is 14.4. The minimum atomic E-state index is -0.0279. The topological polar surface area (TPSA) is 42.7 Å². The molecular weight excluding hydrogens is 362 g/mol. The first-order chi connectivity index (χ1) is 12.9. The molecule has 4 rings (SSSR count). The fourth-order valence-electron chi connectivity index (χ4n) is 3.70. The molecule has 0 saturated carbocycles. The van der Waals surface area contributed by atoms with Gasteiger partial charge in [-0.2, -0.15) is 0 Å². The molecule has 0 unspecified atom stereocenters. The van der Waals surface area contributed by atoms with Crippen LogP contribution in [0.4, 0.5) is 0 Å². The smallest absolute Gasteiger partial charge is 0.200 e. The van der Waals surface area contributed by atoms with Crippen LogP contribution >= 0.6 is 11.6 Å². The van der Waals surface area contributed by atoms with E-state index in [-0.39, 0.29) is 5.43 Å². The lowest BCUT2D eigenvalue weighted by Gasteiger charge is -2.30. The SMILES string of the molecule is Cc1oc2c3c(ccc2c(=O)c1-c1ccc(Cl)cc1)OCN(CC(C)C)C3. The highest BCUT2D eigenvalue weighted by Crippen LogP contribution is 2.34. The Labute approximate surface area is 163 Å². The van der Waals surface area contributed by atoms with Crippen molar-refractivity contribution in [1.82, 2.24) is 4.90 Å². The van der Waals surface area contributed by atoms with Crippen molar-refractivity contribution in [2.45, 2.75) is 27.3 Å². The lowest BCUT2D eigenvalue weighted by Crippen LogP contribution is -2.34. The second-order valence-electron chi connectivity index (χ2n) is 7.47. The second kappa shape index (κ2) is 7.02. The van der Waals surface area contributed by atoms with E-state index in [9.17, 15) is 4.79 Å². The van der Waals surface area contributed by atoms with Gasteiger partial charge in [0, 0.05) is 18.1 Å². The summed E-state index contributed by atoms with van der Waals surface area (Å²) in [6.07, 6.45) is 0. The molecule has 4 nitrogen and oxygen atoms in total. The van der Waals surface area contributed by atoms with Gasteiger partial charge in [0.2, 0.25) is 5.43 Å². The van der Waals surface area contributed by atoms with Crippen LogP contribution in [0.1, 0.15) is 25.2 Å². The zero-order valence-electron chi connectivity index (χ0n) is 15.7. The van der Waals surface area contributed by atoms with Crippen molar-refractivity contribution >= 4 is 22.6 Å². The maximum absolute atomic E-state index is 13.2. The number of rotatable bonds is 3. The molecule has 1 aromatic heterocycles. The van der Waals surface area contributed by atoms with Crippen molar-refractivity contribution in [2.75, 3.05) is 13.3 Å². The standard InChI is InChI=1S/C22H22ClNO3/c1-13(2)10-24-11-18-19(26-12-24)9-8-17-21(25)20(14(3)27-22(17)18)15-4-6-16(23)7-5-15/h4-9,13H,10-12H2,1-3H3. The Morgan fingerprint density at radius 1 is 1.15 bits per heavy atom. The summed E-state index contributed by atoms with van der Waals surface area (Å²) in [5.74, 6) is 1.93. The van der Waals surface area contributed by atoms with Crippen LogP contribution in [-0.2, 0) is 6.54 Å². The fourth-order valence-corrected chi connectivity index (χ4v) is 3.83. The molecule has 0 aliphatic carbocycles. The van der Waals surface area contributed by atoms with Gasteiger partial charge >= 0.3 is 0 Å². The quantitative estimate of drug-likeness (QED) is 0.621. The Morgan fingerprint density at radius 2 is 1.89 bits per heavy atom. The number of hydrogen-bond donors (Lipinski definition) is 0. The molecule has 0 radical (unpaired) electrons. The van der Waals surface area contributed by atoms with Gasteiger partial charge in [-0.3, -0.25) is 9.69 Å². The maximum Gasteiger partial charge on any atom is 0.200 e. The van der Waals surface area contributed by atoms with Crippen LogP contribution in [-0.4, -0.2) is 18.2 Å². The van der Waals surface area contributed by atoms with Crippen molar-refractivity contribution in [3.8, 4) is 16.9 Å². The highest BCUT2D eigenvalue weighted by molar-refractivity contribution is 6.30. The second-order valence-corrected chi connectivity index (χ2v) is 7.90. The monoisotopic (exact) mass is 383 g/mol. The Balaban J connectivity index is 1.86. The molecule has 1 aliphatic heterocycles. The first-order valence-electron chi connectivity index (χ1n) is 9.14. The molecule has 2 heterocycles. The first-order valence-corrected chi connectivity index (χ1v) is 9.52. The van der Waals surface area contributed by atoms with Gasteiger partial charge in [0.25, 0.3) is 0 Å². The maximum atomic E-state index is 13.2. The summed E-state index contributed by atoms with van der Waals surface area (Å²) in [6.45, 7) is 8.40. The molecule has 0 bridgehead atoms. The Bertz CT molecular complexity index is 1050. The van der Waals surface area contributed by atoms with E-state index < -0.39 is 0 Å². The third kappa shape index (κ3) is 3.35. The molecule has 5 heteroatoms. The average Bonchev–Trinajstić information content (AvgIpc) is 2.63. The van der Waals surface area contributed by atoms with E-state index >= 15 is 0 Å². The van der Waals surface area contributed by atoms with E-state index in [0.29, 0.717) is 46.5 Å². The van der Waals surface area contributed by atoms with Gasteiger partial charge in [0.05, 0.1) is 16.5 Å². The highest BCUT2D eigenvalue weighted by atomic mass is 35.5. The lowest BCUT2D eigenvalue weighted by atomic mass is 10.0. The van der Waals surface area contributed by atoms with E-state index in [4.69, 9.17) is 20.8 Å². The minimum Gasteiger partial charge on any atom is -0.478 e. The summed E-state index contributed by atoms with van der Waals surface area (Å²) < 4.78 is 12.1. The lowest BCUT2D eigenvalue weighted by molar-refractivity contribution is 0.0848. The van der Waals surface area contributed by atoms with Gasteiger partial charge in [0.1, 0.15) is 23.8 Å². The zero-order chi connectivity index (χ0) is 19.1. The van der Waals surface area contributed by atoms with Crippen LogP contribution in [0, 0.1) is 12.8 Å². The zero-order valence-corrected chi connectivity index (χ0v) is 16.5. The van der Waals surface area contributed by atoms with Crippen molar-refractivity contribution < 1.29 is 9.15 Å². The van der Waals surface area contributed by atoms with Crippen molar-refractivity contribution in [2.24, 2.45) is 5.92 Å². The molecule has 1 aliphatic rings. The van der Waals surface area contributed by atoms with E-state index in [0.717, 1.165) is 23.4 Å². The van der Waals surface area contributed by atoms with Gasteiger partial charge in [-0.15, -0.1) is 0 Å². The summed E-state index contributed by atoms with van der Waals surface area (Å²) >= 11 is 5.98. The van der Waals surface area contributed by atoms with Crippen molar-refractivity contribution in [3.05, 3.63) is 63.0 Å². The molecule has 0 amide bonds. The summed E-state index contributed by atoms with van der Waals surface area (Å²) in [5, 5.41) is 1.22. The number of aryl methyl sites for hydroxylation is 1. The molecule has 27 heavy (non-hydrogen) atoms.